The van der Waals surface area contributed by atoms with Crippen LogP contribution in [0.4, 0.5) is 4.79 Å². The number of carbonyl (C=O) groups excluding carboxylic acids is 2. The number of urea groups is 1. The first kappa shape index (κ1) is 15.8. The van der Waals surface area contributed by atoms with E-state index in [2.05, 4.69) is 26.1 Å². The summed E-state index contributed by atoms with van der Waals surface area (Å²) in [7, 11) is 0. The van der Waals surface area contributed by atoms with Crippen LogP contribution in [0.5, 0.6) is 0 Å². The predicted octanol–water partition coefficient (Wildman–Crippen LogP) is 2.02. The van der Waals surface area contributed by atoms with Crippen molar-refractivity contribution in [2.24, 2.45) is 11.3 Å². The highest BCUT2D eigenvalue weighted by Gasteiger charge is 2.29. The zero-order valence-electron chi connectivity index (χ0n) is 12.5. The fourth-order valence-electron chi connectivity index (χ4n) is 2.07. The molecule has 2 amide bonds. The van der Waals surface area contributed by atoms with Crippen LogP contribution < -0.4 is 5.32 Å². The highest BCUT2D eigenvalue weighted by molar-refractivity contribution is 5.77. The number of esters is 1. The summed E-state index contributed by atoms with van der Waals surface area (Å²) in [5.74, 6) is -0.357. The molecular weight excluding hydrogens is 244 g/mol. The standard InChI is InChI=1S/C14H26N2O3/c1-5-19-12(17)11-7-6-8-16(9-11)13(18)15-10-14(2,3)4/h11H,5-10H2,1-4H3,(H,15,18). The molecule has 1 saturated heterocycles. The zero-order chi connectivity index (χ0) is 14.5. The molecule has 1 N–H and O–H groups in total. The normalized spacial score (nSPS) is 20.0. The highest BCUT2D eigenvalue weighted by Crippen LogP contribution is 2.18. The van der Waals surface area contributed by atoms with Gasteiger partial charge in [0.2, 0.25) is 0 Å². The predicted molar refractivity (Wildman–Crippen MR) is 73.8 cm³/mol. The maximum Gasteiger partial charge on any atom is 0.317 e. The van der Waals surface area contributed by atoms with Gasteiger partial charge in [0.15, 0.2) is 0 Å². The third-order valence-electron chi connectivity index (χ3n) is 3.10. The minimum Gasteiger partial charge on any atom is -0.466 e. The van der Waals surface area contributed by atoms with E-state index in [1.807, 2.05) is 0 Å². The van der Waals surface area contributed by atoms with Crippen molar-refractivity contribution in [3.8, 4) is 0 Å². The number of nitrogens with one attached hydrogen (secondary N) is 1. The van der Waals surface area contributed by atoms with Crippen LogP contribution in [0.15, 0.2) is 0 Å². The van der Waals surface area contributed by atoms with E-state index in [1.54, 1.807) is 11.8 Å². The number of piperidine rings is 1. The van der Waals surface area contributed by atoms with Crippen LogP contribution in [0.3, 0.4) is 0 Å². The molecule has 110 valence electrons. The van der Waals surface area contributed by atoms with Crippen LogP contribution in [-0.4, -0.2) is 43.1 Å². The van der Waals surface area contributed by atoms with Crippen molar-refractivity contribution in [3.63, 3.8) is 0 Å². The molecule has 1 aliphatic rings. The fourth-order valence-corrected chi connectivity index (χ4v) is 2.07. The van der Waals surface area contributed by atoms with E-state index >= 15 is 0 Å². The Morgan fingerprint density at radius 3 is 2.63 bits per heavy atom. The van der Waals surface area contributed by atoms with Gasteiger partial charge in [-0.1, -0.05) is 20.8 Å². The lowest BCUT2D eigenvalue weighted by molar-refractivity contribution is -0.149. The summed E-state index contributed by atoms with van der Waals surface area (Å²) >= 11 is 0. The Morgan fingerprint density at radius 2 is 2.05 bits per heavy atom. The summed E-state index contributed by atoms with van der Waals surface area (Å²) in [6.07, 6.45) is 1.66. The van der Waals surface area contributed by atoms with Crippen molar-refractivity contribution in [2.45, 2.75) is 40.5 Å². The maximum atomic E-state index is 12.0. The molecule has 0 bridgehead atoms. The molecule has 1 unspecified atom stereocenters. The minimum absolute atomic E-state index is 0.0615. The molecule has 0 aromatic heterocycles. The van der Waals surface area contributed by atoms with Crippen molar-refractivity contribution in [3.05, 3.63) is 0 Å². The van der Waals surface area contributed by atoms with Gasteiger partial charge in [0.1, 0.15) is 0 Å². The average molecular weight is 270 g/mol. The first-order valence-corrected chi connectivity index (χ1v) is 7.03. The van der Waals surface area contributed by atoms with Crippen LogP contribution >= 0.6 is 0 Å². The molecule has 0 aliphatic carbocycles. The number of likely N-dealkylation sites (tertiary alicyclic amines) is 1. The summed E-state index contributed by atoms with van der Waals surface area (Å²) in [5, 5.41) is 2.92. The van der Waals surface area contributed by atoms with Crippen molar-refractivity contribution < 1.29 is 14.3 Å². The Bertz CT molecular complexity index is 323. The molecule has 0 aromatic rings. The summed E-state index contributed by atoms with van der Waals surface area (Å²) < 4.78 is 5.03. The van der Waals surface area contributed by atoms with Crippen LogP contribution in [0.1, 0.15) is 40.5 Å². The van der Waals surface area contributed by atoms with E-state index in [1.165, 1.54) is 0 Å². The average Bonchev–Trinajstić information content (AvgIpc) is 2.35. The monoisotopic (exact) mass is 270 g/mol. The summed E-state index contributed by atoms with van der Waals surface area (Å²) in [4.78, 5) is 25.5. The number of hydrogen-bond donors (Lipinski definition) is 1. The number of rotatable bonds is 3. The number of ether oxygens (including phenoxy) is 1. The lowest BCUT2D eigenvalue weighted by atomic mass is 9.97. The third kappa shape index (κ3) is 5.49. The first-order chi connectivity index (χ1) is 8.83. The van der Waals surface area contributed by atoms with Gasteiger partial charge < -0.3 is 15.0 Å². The van der Waals surface area contributed by atoms with Gasteiger partial charge in [0, 0.05) is 19.6 Å². The Labute approximate surface area is 115 Å². The second kappa shape index (κ2) is 6.78. The Kier molecular flexibility index (Phi) is 5.63. The van der Waals surface area contributed by atoms with E-state index in [0.29, 0.717) is 26.2 Å². The van der Waals surface area contributed by atoms with E-state index in [4.69, 9.17) is 4.74 Å². The van der Waals surface area contributed by atoms with Gasteiger partial charge in [0.25, 0.3) is 0 Å². The second-order valence-electron chi connectivity index (χ2n) is 6.26. The topological polar surface area (TPSA) is 58.6 Å². The Morgan fingerprint density at radius 1 is 1.37 bits per heavy atom. The molecule has 0 spiro atoms. The Hall–Kier alpha value is -1.26. The quantitative estimate of drug-likeness (QED) is 0.798. The van der Waals surface area contributed by atoms with Crippen molar-refractivity contribution in [2.75, 3.05) is 26.2 Å². The van der Waals surface area contributed by atoms with E-state index in [9.17, 15) is 9.59 Å². The van der Waals surface area contributed by atoms with E-state index in [-0.39, 0.29) is 23.3 Å². The Balaban J connectivity index is 2.45. The van der Waals surface area contributed by atoms with Crippen LogP contribution in [0.25, 0.3) is 0 Å². The van der Waals surface area contributed by atoms with E-state index in [0.717, 1.165) is 12.8 Å². The minimum atomic E-state index is -0.184. The molecule has 0 saturated carbocycles. The highest BCUT2D eigenvalue weighted by atomic mass is 16.5. The second-order valence-corrected chi connectivity index (χ2v) is 6.26. The maximum absolute atomic E-state index is 12.0. The number of carbonyl (C=O) groups is 2. The molecular formula is C14H26N2O3. The summed E-state index contributed by atoms with van der Waals surface area (Å²) in [5.41, 5.74) is 0.0615. The third-order valence-corrected chi connectivity index (χ3v) is 3.10. The summed E-state index contributed by atoms with van der Waals surface area (Å²) in [6.45, 7) is 10.2. The SMILES string of the molecule is CCOC(=O)C1CCCN(C(=O)NCC(C)(C)C)C1. The largest absolute Gasteiger partial charge is 0.466 e. The smallest absolute Gasteiger partial charge is 0.317 e. The molecule has 5 heteroatoms. The molecule has 1 heterocycles. The van der Waals surface area contributed by atoms with Gasteiger partial charge in [-0.25, -0.2) is 4.79 Å². The number of nitrogens with zero attached hydrogens (tertiary/aromatic N) is 1. The van der Waals surface area contributed by atoms with Crippen molar-refractivity contribution >= 4 is 12.0 Å². The molecule has 1 atom stereocenters. The lowest BCUT2D eigenvalue weighted by Crippen LogP contribution is -2.48. The lowest BCUT2D eigenvalue weighted by Gasteiger charge is -2.32. The zero-order valence-corrected chi connectivity index (χ0v) is 12.5. The van der Waals surface area contributed by atoms with Gasteiger partial charge in [0.05, 0.1) is 12.5 Å². The van der Waals surface area contributed by atoms with Crippen LogP contribution in [-0.2, 0) is 9.53 Å². The first-order valence-electron chi connectivity index (χ1n) is 7.03. The summed E-state index contributed by atoms with van der Waals surface area (Å²) in [6, 6.07) is -0.0797. The molecule has 1 rings (SSSR count). The molecule has 5 nitrogen and oxygen atoms in total. The molecule has 0 radical (unpaired) electrons. The van der Waals surface area contributed by atoms with Gasteiger partial charge in [-0.05, 0) is 25.2 Å². The molecule has 1 fully saturated rings. The fraction of sp³-hybridized carbons (Fsp3) is 0.857. The molecule has 19 heavy (non-hydrogen) atoms. The van der Waals surface area contributed by atoms with Crippen molar-refractivity contribution in [1.29, 1.82) is 0 Å². The van der Waals surface area contributed by atoms with E-state index < -0.39 is 0 Å². The van der Waals surface area contributed by atoms with Gasteiger partial charge in [-0.15, -0.1) is 0 Å². The van der Waals surface area contributed by atoms with Crippen LogP contribution in [0.2, 0.25) is 0 Å². The van der Waals surface area contributed by atoms with Gasteiger partial charge in [-0.2, -0.15) is 0 Å². The van der Waals surface area contributed by atoms with Gasteiger partial charge in [-0.3, -0.25) is 4.79 Å². The number of hydrogen-bond acceptors (Lipinski definition) is 3. The van der Waals surface area contributed by atoms with Crippen molar-refractivity contribution in [1.82, 2.24) is 10.2 Å². The molecule has 0 aromatic carbocycles. The molecule has 1 aliphatic heterocycles. The van der Waals surface area contributed by atoms with Gasteiger partial charge >= 0.3 is 12.0 Å². The number of amides is 2. The van der Waals surface area contributed by atoms with Crippen LogP contribution in [0, 0.1) is 11.3 Å².